The Morgan fingerprint density at radius 3 is 2.55 bits per heavy atom. The van der Waals surface area contributed by atoms with Gasteiger partial charge in [0.25, 0.3) is 5.91 Å². The van der Waals surface area contributed by atoms with Crippen molar-refractivity contribution in [3.05, 3.63) is 39.6 Å². The molecule has 2 N–H and O–H groups in total. The number of aliphatic hydroxyl groups excluding tert-OH is 1. The summed E-state index contributed by atoms with van der Waals surface area (Å²) in [4.78, 5) is 13.7. The molecule has 0 unspecified atom stereocenters. The van der Waals surface area contributed by atoms with Crippen molar-refractivity contribution in [3.8, 4) is 0 Å². The number of benzene rings is 1. The number of aromatic amines is 1. The summed E-state index contributed by atoms with van der Waals surface area (Å²) in [5, 5.41) is 24.5. The second-order valence-electron chi connectivity index (χ2n) is 5.00. The molecule has 2 atom stereocenters. The number of aliphatic hydroxyl groups is 1. The fraction of sp³-hybridized carbons (Fsp3) is 0.385. The van der Waals surface area contributed by atoms with E-state index in [0.717, 1.165) is 0 Å². The first-order valence-corrected chi connectivity index (χ1v) is 7.26. The third-order valence-electron chi connectivity index (χ3n) is 3.16. The summed E-state index contributed by atoms with van der Waals surface area (Å²) in [5.41, 5.74) is 0.349. The Morgan fingerprint density at radius 2 is 2.00 bits per heavy atom. The summed E-state index contributed by atoms with van der Waals surface area (Å²) in [5.74, 6) is -0.0866. The number of likely N-dealkylation sites (N-methyl/N-ethyl adjacent to an activating group) is 1. The number of hydrogen-bond donors (Lipinski definition) is 2. The molecule has 1 heterocycles. The molecule has 0 radical (unpaired) electrons. The summed E-state index contributed by atoms with van der Waals surface area (Å²) in [7, 11) is 1.59. The Labute approximate surface area is 137 Å². The van der Waals surface area contributed by atoms with Gasteiger partial charge in [0.15, 0.2) is 11.9 Å². The van der Waals surface area contributed by atoms with Gasteiger partial charge in [-0.2, -0.15) is 5.21 Å². The Balaban J connectivity index is 2.06. The summed E-state index contributed by atoms with van der Waals surface area (Å²) < 4.78 is 0. The van der Waals surface area contributed by atoms with Crippen LogP contribution in [0.3, 0.4) is 0 Å². The largest absolute Gasteiger partial charge is 0.378 e. The molecule has 0 saturated heterocycles. The van der Waals surface area contributed by atoms with Crippen molar-refractivity contribution in [1.29, 1.82) is 0 Å². The Bertz CT molecular complexity index is 630. The number of amides is 1. The summed E-state index contributed by atoms with van der Waals surface area (Å²) in [6, 6.07) is 4.55. The molecule has 0 bridgehead atoms. The molecule has 9 heteroatoms. The zero-order valence-corrected chi connectivity index (χ0v) is 13.5. The predicted molar refractivity (Wildman–Crippen MR) is 81.7 cm³/mol. The molecule has 0 spiro atoms. The fourth-order valence-electron chi connectivity index (χ4n) is 2.05. The van der Waals surface area contributed by atoms with Crippen molar-refractivity contribution < 1.29 is 9.90 Å². The minimum absolute atomic E-state index is 0.122. The van der Waals surface area contributed by atoms with Crippen LogP contribution < -0.4 is 0 Å². The van der Waals surface area contributed by atoms with E-state index in [1.54, 1.807) is 7.05 Å². The van der Waals surface area contributed by atoms with Crippen LogP contribution >= 0.6 is 23.2 Å². The van der Waals surface area contributed by atoms with Gasteiger partial charge in [-0.15, -0.1) is 10.2 Å². The van der Waals surface area contributed by atoms with Crippen molar-refractivity contribution in [1.82, 2.24) is 25.5 Å². The van der Waals surface area contributed by atoms with Crippen molar-refractivity contribution in [2.45, 2.75) is 18.9 Å². The van der Waals surface area contributed by atoms with Crippen LogP contribution in [0, 0.1) is 0 Å². The minimum atomic E-state index is -1.33. The molecule has 7 nitrogen and oxygen atoms in total. The van der Waals surface area contributed by atoms with E-state index < -0.39 is 12.0 Å². The maximum Gasteiger partial charge on any atom is 0.255 e. The number of aromatic nitrogens is 4. The quantitative estimate of drug-likeness (QED) is 0.862. The number of rotatable bonds is 5. The Hall–Kier alpha value is -1.70. The molecular weight excluding hydrogens is 329 g/mol. The molecule has 0 fully saturated rings. The lowest BCUT2D eigenvalue weighted by molar-refractivity contribution is -0.139. The minimum Gasteiger partial charge on any atom is -0.378 e. The monoisotopic (exact) mass is 343 g/mol. The van der Waals surface area contributed by atoms with Crippen LogP contribution in [-0.2, 0) is 4.79 Å². The number of halogens is 2. The van der Waals surface area contributed by atoms with E-state index in [2.05, 4.69) is 20.6 Å². The molecule has 2 aromatic rings. The zero-order valence-electron chi connectivity index (χ0n) is 12.0. The fourth-order valence-corrected chi connectivity index (χ4v) is 2.59. The second-order valence-corrected chi connectivity index (χ2v) is 5.87. The Morgan fingerprint density at radius 1 is 1.36 bits per heavy atom. The van der Waals surface area contributed by atoms with Crippen molar-refractivity contribution in [2.75, 3.05) is 13.6 Å². The van der Waals surface area contributed by atoms with Crippen LogP contribution in [0.2, 0.25) is 10.0 Å². The maximum atomic E-state index is 12.3. The number of nitrogens with zero attached hydrogens (tertiary/aromatic N) is 4. The first kappa shape index (κ1) is 16.7. The number of carbonyl (C=O) groups excluding carboxylic acids is 1. The van der Waals surface area contributed by atoms with E-state index in [-0.39, 0.29) is 5.92 Å². The zero-order chi connectivity index (χ0) is 16.3. The van der Waals surface area contributed by atoms with Crippen LogP contribution in [0.4, 0.5) is 0 Å². The smallest absolute Gasteiger partial charge is 0.255 e. The molecule has 0 aliphatic carbocycles. The van der Waals surface area contributed by atoms with Gasteiger partial charge in [-0.3, -0.25) is 4.79 Å². The van der Waals surface area contributed by atoms with E-state index in [4.69, 9.17) is 23.2 Å². The van der Waals surface area contributed by atoms with E-state index in [9.17, 15) is 9.90 Å². The Kier molecular flexibility index (Phi) is 5.33. The highest BCUT2D eigenvalue weighted by molar-refractivity contribution is 6.34. The second kappa shape index (κ2) is 7.04. The third kappa shape index (κ3) is 3.94. The van der Waals surface area contributed by atoms with Gasteiger partial charge in [-0.05, 0) is 23.8 Å². The highest BCUT2D eigenvalue weighted by Gasteiger charge is 2.24. The molecular formula is C13H15Cl2N5O2. The number of tetrazole rings is 1. The van der Waals surface area contributed by atoms with Crippen molar-refractivity contribution in [3.63, 3.8) is 0 Å². The van der Waals surface area contributed by atoms with Crippen LogP contribution in [0.5, 0.6) is 0 Å². The average Bonchev–Trinajstić information content (AvgIpc) is 2.98. The number of H-pyrrole nitrogens is 1. The number of nitrogens with one attached hydrogen (secondary N) is 1. The van der Waals surface area contributed by atoms with Gasteiger partial charge in [0.1, 0.15) is 0 Å². The standard InChI is InChI=1S/C13H15Cl2N5O2/c1-7(12-16-18-19-17-12)6-20(2)13(22)11(21)8-3-9(14)5-10(15)4-8/h3-5,7,11,21H,6H2,1-2H3,(H,16,17,18,19)/t7-,11+/m1/s1. The van der Waals surface area contributed by atoms with E-state index in [1.165, 1.54) is 23.1 Å². The molecule has 2 rings (SSSR count). The van der Waals surface area contributed by atoms with Crippen molar-refractivity contribution in [2.24, 2.45) is 0 Å². The average molecular weight is 344 g/mol. The van der Waals surface area contributed by atoms with Gasteiger partial charge in [-0.25, -0.2) is 0 Å². The summed E-state index contributed by atoms with van der Waals surface area (Å²) in [6.45, 7) is 2.20. The van der Waals surface area contributed by atoms with Gasteiger partial charge in [0.2, 0.25) is 0 Å². The lowest BCUT2D eigenvalue weighted by Crippen LogP contribution is -2.34. The molecule has 0 saturated carbocycles. The summed E-state index contributed by atoms with van der Waals surface area (Å²) >= 11 is 11.8. The number of carbonyl (C=O) groups is 1. The summed E-state index contributed by atoms with van der Waals surface area (Å²) in [6.07, 6.45) is -1.33. The van der Waals surface area contributed by atoms with Gasteiger partial charge >= 0.3 is 0 Å². The molecule has 1 aromatic carbocycles. The normalized spacial score (nSPS) is 13.7. The predicted octanol–water partition coefficient (Wildman–Crippen LogP) is 1.80. The van der Waals surface area contributed by atoms with E-state index in [0.29, 0.717) is 28.0 Å². The first-order chi connectivity index (χ1) is 10.4. The lowest BCUT2D eigenvalue weighted by Gasteiger charge is -2.23. The van der Waals surface area contributed by atoms with Crippen molar-refractivity contribution >= 4 is 29.1 Å². The van der Waals surface area contributed by atoms with Gasteiger partial charge in [-0.1, -0.05) is 35.3 Å². The molecule has 118 valence electrons. The van der Waals surface area contributed by atoms with Crippen LogP contribution in [0.15, 0.2) is 18.2 Å². The molecule has 0 aliphatic heterocycles. The lowest BCUT2D eigenvalue weighted by atomic mass is 10.1. The third-order valence-corrected chi connectivity index (χ3v) is 3.60. The molecule has 0 aliphatic rings. The maximum absolute atomic E-state index is 12.3. The van der Waals surface area contributed by atoms with E-state index >= 15 is 0 Å². The highest BCUT2D eigenvalue weighted by Crippen LogP contribution is 2.25. The SMILES string of the molecule is C[C@H](CN(C)C(=O)[C@@H](O)c1cc(Cl)cc(Cl)c1)c1nn[nH]n1. The van der Waals surface area contributed by atoms with Crippen LogP contribution in [0.1, 0.15) is 30.3 Å². The number of hydrogen-bond acceptors (Lipinski definition) is 5. The molecule has 22 heavy (non-hydrogen) atoms. The van der Waals surface area contributed by atoms with Crippen LogP contribution in [-0.4, -0.2) is 50.1 Å². The molecule has 1 aromatic heterocycles. The van der Waals surface area contributed by atoms with Crippen LogP contribution in [0.25, 0.3) is 0 Å². The first-order valence-electron chi connectivity index (χ1n) is 6.51. The van der Waals surface area contributed by atoms with Gasteiger partial charge in [0, 0.05) is 29.6 Å². The van der Waals surface area contributed by atoms with Gasteiger partial charge in [0.05, 0.1) is 0 Å². The molecule has 1 amide bonds. The highest BCUT2D eigenvalue weighted by atomic mass is 35.5. The topological polar surface area (TPSA) is 95.0 Å². The van der Waals surface area contributed by atoms with E-state index in [1.807, 2.05) is 6.92 Å². The van der Waals surface area contributed by atoms with Gasteiger partial charge < -0.3 is 10.0 Å².